The van der Waals surface area contributed by atoms with Crippen LogP contribution in [0.2, 0.25) is 0 Å². The number of carbonyl (C=O) groups excluding carboxylic acids is 1. The van der Waals surface area contributed by atoms with Crippen molar-refractivity contribution in [1.29, 1.82) is 0 Å². The quantitative estimate of drug-likeness (QED) is 0.441. The first-order chi connectivity index (χ1) is 10.3. The average molecular weight is 333 g/mol. The number of thiophene rings is 1. The lowest BCUT2D eigenvalue weighted by molar-refractivity contribution is -0.118. The molecule has 0 spiro atoms. The molecular formula is C14H11N3OS3. The number of hydrogen-bond donors (Lipinski definition) is 1. The van der Waals surface area contributed by atoms with Crippen molar-refractivity contribution in [3.63, 3.8) is 0 Å². The maximum Gasteiger partial charge on any atom is 0.250 e. The minimum atomic E-state index is -0.134. The standard InChI is InChI=1S/C14H11N3OS3/c18-13(17-15-7-10-5-6-19-8-10)9-20-14-16-11-3-1-2-4-12(11)21-14/h1-8H,9H2,(H,17,18)/b15-7+. The Hall–Kier alpha value is -1.70. The van der Waals surface area contributed by atoms with E-state index >= 15 is 0 Å². The van der Waals surface area contributed by atoms with Crippen molar-refractivity contribution in [3.8, 4) is 0 Å². The van der Waals surface area contributed by atoms with Gasteiger partial charge in [0, 0.05) is 5.56 Å². The minimum absolute atomic E-state index is 0.134. The van der Waals surface area contributed by atoms with Crippen molar-refractivity contribution in [3.05, 3.63) is 46.7 Å². The Morgan fingerprint density at radius 3 is 3.10 bits per heavy atom. The summed E-state index contributed by atoms with van der Waals surface area (Å²) in [6, 6.07) is 9.89. The molecule has 0 bridgehead atoms. The molecule has 4 nitrogen and oxygen atoms in total. The Morgan fingerprint density at radius 1 is 1.38 bits per heavy atom. The smallest absolute Gasteiger partial charge is 0.250 e. The normalized spacial score (nSPS) is 11.2. The molecule has 0 aliphatic heterocycles. The Labute approximate surface area is 133 Å². The van der Waals surface area contributed by atoms with Crippen LogP contribution in [0.3, 0.4) is 0 Å². The Morgan fingerprint density at radius 2 is 2.29 bits per heavy atom. The van der Waals surface area contributed by atoms with E-state index in [0.717, 1.165) is 20.1 Å². The molecular weight excluding hydrogens is 322 g/mol. The van der Waals surface area contributed by atoms with E-state index in [1.807, 2.05) is 41.1 Å². The number of hydrazone groups is 1. The molecule has 7 heteroatoms. The van der Waals surface area contributed by atoms with Gasteiger partial charge in [-0.1, -0.05) is 23.9 Å². The van der Waals surface area contributed by atoms with Crippen LogP contribution in [0, 0.1) is 0 Å². The van der Waals surface area contributed by atoms with Gasteiger partial charge in [0.15, 0.2) is 4.34 Å². The summed E-state index contributed by atoms with van der Waals surface area (Å²) in [4.78, 5) is 16.2. The average Bonchev–Trinajstić information content (AvgIpc) is 3.13. The van der Waals surface area contributed by atoms with Crippen molar-refractivity contribution in [2.75, 3.05) is 5.75 Å². The van der Waals surface area contributed by atoms with Gasteiger partial charge in [-0.3, -0.25) is 4.79 Å². The van der Waals surface area contributed by atoms with Crippen molar-refractivity contribution in [1.82, 2.24) is 10.4 Å². The van der Waals surface area contributed by atoms with Crippen LogP contribution in [0.1, 0.15) is 5.56 Å². The molecule has 0 radical (unpaired) electrons. The Kier molecular flexibility index (Phi) is 4.64. The minimum Gasteiger partial charge on any atom is -0.272 e. The van der Waals surface area contributed by atoms with Crippen LogP contribution in [-0.2, 0) is 4.79 Å². The molecule has 2 heterocycles. The molecule has 0 aliphatic carbocycles. The lowest BCUT2D eigenvalue weighted by Crippen LogP contribution is -2.19. The number of carbonyl (C=O) groups is 1. The highest BCUT2D eigenvalue weighted by molar-refractivity contribution is 8.01. The lowest BCUT2D eigenvalue weighted by Gasteiger charge is -1.96. The van der Waals surface area contributed by atoms with Crippen molar-refractivity contribution in [2.24, 2.45) is 5.10 Å². The Balaban J connectivity index is 1.51. The second-order valence-corrected chi connectivity index (χ2v) is 7.12. The highest BCUT2D eigenvalue weighted by Gasteiger charge is 2.06. The third-order valence-electron chi connectivity index (χ3n) is 2.55. The van der Waals surface area contributed by atoms with Gasteiger partial charge in [-0.25, -0.2) is 10.4 Å². The maximum atomic E-state index is 11.7. The van der Waals surface area contributed by atoms with Crippen LogP contribution in [0.5, 0.6) is 0 Å². The molecule has 0 fully saturated rings. The molecule has 3 aromatic rings. The fraction of sp³-hybridized carbons (Fsp3) is 0.0714. The second-order valence-electron chi connectivity index (χ2n) is 4.09. The predicted octanol–water partition coefficient (Wildman–Crippen LogP) is 3.60. The van der Waals surface area contributed by atoms with Crippen molar-refractivity contribution in [2.45, 2.75) is 4.34 Å². The molecule has 0 unspecified atom stereocenters. The highest BCUT2D eigenvalue weighted by atomic mass is 32.2. The van der Waals surface area contributed by atoms with Gasteiger partial charge in [-0.05, 0) is 29.0 Å². The lowest BCUT2D eigenvalue weighted by atomic mass is 10.3. The molecule has 2 aromatic heterocycles. The zero-order valence-corrected chi connectivity index (χ0v) is 13.3. The monoisotopic (exact) mass is 333 g/mol. The predicted molar refractivity (Wildman–Crippen MR) is 90.4 cm³/mol. The molecule has 0 saturated heterocycles. The zero-order valence-electron chi connectivity index (χ0n) is 10.9. The van der Waals surface area contributed by atoms with Gasteiger partial charge in [0.05, 0.1) is 22.2 Å². The van der Waals surface area contributed by atoms with E-state index in [2.05, 4.69) is 15.5 Å². The summed E-state index contributed by atoms with van der Waals surface area (Å²) in [6.07, 6.45) is 1.64. The van der Waals surface area contributed by atoms with E-state index in [0.29, 0.717) is 5.75 Å². The van der Waals surface area contributed by atoms with E-state index in [1.165, 1.54) is 11.8 Å². The van der Waals surface area contributed by atoms with Gasteiger partial charge < -0.3 is 0 Å². The molecule has 3 rings (SSSR count). The molecule has 0 atom stereocenters. The van der Waals surface area contributed by atoms with Gasteiger partial charge in [-0.15, -0.1) is 11.3 Å². The topological polar surface area (TPSA) is 54.4 Å². The number of thiazole rings is 1. The van der Waals surface area contributed by atoms with Crippen LogP contribution >= 0.6 is 34.4 Å². The number of para-hydroxylation sites is 1. The van der Waals surface area contributed by atoms with Crippen LogP contribution in [0.4, 0.5) is 0 Å². The SMILES string of the molecule is O=C(CSc1nc2ccccc2s1)N/N=C/c1ccsc1. The molecule has 1 aromatic carbocycles. The van der Waals surface area contributed by atoms with Gasteiger partial charge in [0.25, 0.3) is 5.91 Å². The first kappa shape index (κ1) is 14.2. The zero-order chi connectivity index (χ0) is 14.5. The van der Waals surface area contributed by atoms with Gasteiger partial charge in [0.2, 0.25) is 0 Å². The third kappa shape index (κ3) is 3.90. The summed E-state index contributed by atoms with van der Waals surface area (Å²) >= 11 is 4.61. The van der Waals surface area contributed by atoms with Gasteiger partial charge in [0.1, 0.15) is 0 Å². The summed E-state index contributed by atoms with van der Waals surface area (Å²) in [7, 11) is 0. The molecule has 1 amide bonds. The molecule has 0 aliphatic rings. The van der Waals surface area contributed by atoms with Crippen molar-refractivity contribution >= 4 is 56.8 Å². The van der Waals surface area contributed by atoms with E-state index in [1.54, 1.807) is 28.9 Å². The van der Waals surface area contributed by atoms with Gasteiger partial charge >= 0.3 is 0 Å². The summed E-state index contributed by atoms with van der Waals surface area (Å²) < 4.78 is 2.03. The van der Waals surface area contributed by atoms with Crippen LogP contribution < -0.4 is 5.43 Å². The van der Waals surface area contributed by atoms with Crippen molar-refractivity contribution < 1.29 is 4.79 Å². The summed E-state index contributed by atoms with van der Waals surface area (Å²) in [5.74, 6) is 0.173. The number of thioether (sulfide) groups is 1. The van der Waals surface area contributed by atoms with Crippen LogP contribution in [0.15, 0.2) is 50.5 Å². The number of nitrogens with zero attached hydrogens (tertiary/aromatic N) is 2. The molecule has 21 heavy (non-hydrogen) atoms. The van der Waals surface area contributed by atoms with E-state index in [4.69, 9.17) is 0 Å². The largest absolute Gasteiger partial charge is 0.272 e. The van der Waals surface area contributed by atoms with Crippen LogP contribution in [-0.4, -0.2) is 22.9 Å². The number of amides is 1. The summed E-state index contributed by atoms with van der Waals surface area (Å²) in [6.45, 7) is 0. The highest BCUT2D eigenvalue weighted by Crippen LogP contribution is 2.28. The summed E-state index contributed by atoms with van der Waals surface area (Å²) in [5, 5.41) is 7.85. The number of benzene rings is 1. The molecule has 0 saturated carbocycles. The number of hydrogen-bond acceptors (Lipinski definition) is 6. The maximum absolute atomic E-state index is 11.7. The first-order valence-corrected chi connectivity index (χ1v) is 8.88. The number of rotatable bonds is 5. The summed E-state index contributed by atoms with van der Waals surface area (Å²) in [5.41, 5.74) is 4.47. The van der Waals surface area contributed by atoms with E-state index in [9.17, 15) is 4.79 Å². The second kappa shape index (κ2) is 6.84. The van der Waals surface area contributed by atoms with Crippen LogP contribution in [0.25, 0.3) is 10.2 Å². The van der Waals surface area contributed by atoms with E-state index in [-0.39, 0.29) is 5.91 Å². The molecule has 106 valence electrons. The fourth-order valence-electron chi connectivity index (χ4n) is 1.60. The molecule has 1 N–H and O–H groups in total. The first-order valence-electron chi connectivity index (χ1n) is 6.14. The van der Waals surface area contributed by atoms with E-state index < -0.39 is 0 Å². The van der Waals surface area contributed by atoms with Gasteiger partial charge in [-0.2, -0.15) is 16.4 Å². The number of aromatic nitrogens is 1. The third-order valence-corrected chi connectivity index (χ3v) is 5.43. The number of nitrogens with one attached hydrogen (secondary N) is 1. The number of fused-ring (bicyclic) bond motifs is 1. The Bertz CT molecular complexity index is 732. The fourth-order valence-corrected chi connectivity index (χ4v) is 4.07.